The highest BCUT2D eigenvalue weighted by Crippen LogP contribution is 2.22. The second-order valence-electron chi connectivity index (χ2n) is 6.23. The molecule has 108 valence electrons. The van der Waals surface area contributed by atoms with E-state index in [0.717, 1.165) is 26.3 Å². The van der Waals surface area contributed by atoms with Crippen LogP contribution < -0.4 is 5.32 Å². The van der Waals surface area contributed by atoms with Crippen LogP contribution in [-0.4, -0.2) is 49.8 Å². The highest BCUT2D eigenvalue weighted by atomic mass is 16.5. The van der Waals surface area contributed by atoms with E-state index in [1.807, 2.05) is 0 Å². The van der Waals surface area contributed by atoms with Gasteiger partial charge in [-0.25, -0.2) is 0 Å². The molecule has 1 heterocycles. The zero-order chi connectivity index (χ0) is 13.6. The summed E-state index contributed by atoms with van der Waals surface area (Å²) in [5.41, 5.74) is 0.283. The summed E-state index contributed by atoms with van der Waals surface area (Å²) < 4.78 is 5.55. The van der Waals surface area contributed by atoms with Crippen LogP contribution >= 0.6 is 0 Å². The topological polar surface area (TPSA) is 24.5 Å². The van der Waals surface area contributed by atoms with Gasteiger partial charge < -0.3 is 10.1 Å². The third-order valence-corrected chi connectivity index (χ3v) is 4.56. The summed E-state index contributed by atoms with van der Waals surface area (Å²) in [4.78, 5) is 2.50. The average molecular weight is 256 g/mol. The van der Waals surface area contributed by atoms with Gasteiger partial charge in [-0.05, 0) is 46.7 Å². The molecule has 0 aromatic heterocycles. The minimum atomic E-state index is 0.283. The van der Waals surface area contributed by atoms with E-state index < -0.39 is 0 Å². The van der Waals surface area contributed by atoms with Gasteiger partial charge in [-0.2, -0.15) is 0 Å². The van der Waals surface area contributed by atoms with Gasteiger partial charge in [0.25, 0.3) is 0 Å². The van der Waals surface area contributed by atoms with Crippen LogP contribution in [0.1, 0.15) is 47.0 Å². The Morgan fingerprint density at radius 3 is 2.61 bits per heavy atom. The van der Waals surface area contributed by atoms with Gasteiger partial charge in [-0.1, -0.05) is 13.8 Å². The molecule has 1 fully saturated rings. The first kappa shape index (κ1) is 15.9. The summed E-state index contributed by atoms with van der Waals surface area (Å²) in [6, 6.07) is 0.572. The van der Waals surface area contributed by atoms with Crippen LogP contribution in [0, 0.1) is 5.92 Å². The maximum absolute atomic E-state index is 5.55. The van der Waals surface area contributed by atoms with Crippen molar-refractivity contribution in [3.05, 3.63) is 0 Å². The molecular formula is C15H32N2O. The van der Waals surface area contributed by atoms with Crippen molar-refractivity contribution in [2.45, 2.75) is 58.5 Å². The van der Waals surface area contributed by atoms with E-state index in [1.54, 1.807) is 0 Å². The van der Waals surface area contributed by atoms with E-state index in [9.17, 15) is 0 Å². The molecule has 0 radical (unpaired) electrons. The van der Waals surface area contributed by atoms with Crippen molar-refractivity contribution in [1.82, 2.24) is 10.2 Å². The number of nitrogens with zero attached hydrogens (tertiary/aromatic N) is 1. The van der Waals surface area contributed by atoms with Gasteiger partial charge >= 0.3 is 0 Å². The fraction of sp³-hybridized carbons (Fsp3) is 1.00. The van der Waals surface area contributed by atoms with Crippen molar-refractivity contribution in [2.24, 2.45) is 5.92 Å². The second-order valence-corrected chi connectivity index (χ2v) is 6.23. The zero-order valence-corrected chi connectivity index (χ0v) is 13.0. The van der Waals surface area contributed by atoms with Gasteiger partial charge in [0.2, 0.25) is 0 Å². The lowest BCUT2D eigenvalue weighted by Crippen LogP contribution is -2.51. The second kappa shape index (κ2) is 7.46. The first-order valence-corrected chi connectivity index (χ1v) is 7.53. The molecular weight excluding hydrogens is 224 g/mol. The molecule has 0 spiro atoms. The molecule has 0 bridgehead atoms. The normalized spacial score (nSPS) is 22.7. The maximum Gasteiger partial charge on any atom is 0.0510 e. The Labute approximate surface area is 113 Å². The molecule has 2 unspecified atom stereocenters. The largest absolute Gasteiger partial charge is 0.381 e. The van der Waals surface area contributed by atoms with Gasteiger partial charge in [-0.15, -0.1) is 0 Å². The van der Waals surface area contributed by atoms with Crippen molar-refractivity contribution in [3.8, 4) is 0 Å². The van der Waals surface area contributed by atoms with Gasteiger partial charge in [0.05, 0.1) is 6.61 Å². The Kier molecular flexibility index (Phi) is 6.61. The van der Waals surface area contributed by atoms with Crippen molar-refractivity contribution < 1.29 is 4.74 Å². The number of rotatable bonds is 8. The summed E-state index contributed by atoms with van der Waals surface area (Å²) in [7, 11) is 2.25. The molecule has 0 aromatic carbocycles. The molecule has 1 saturated heterocycles. The Hall–Kier alpha value is -0.120. The number of nitrogens with one attached hydrogen (secondary N) is 1. The van der Waals surface area contributed by atoms with Crippen molar-refractivity contribution >= 4 is 0 Å². The van der Waals surface area contributed by atoms with Gasteiger partial charge in [-0.3, -0.25) is 4.90 Å². The molecule has 0 aromatic rings. The number of hydrogen-bond acceptors (Lipinski definition) is 3. The highest BCUT2D eigenvalue weighted by molar-refractivity contribution is 4.86. The maximum atomic E-state index is 5.55. The van der Waals surface area contributed by atoms with E-state index in [2.05, 4.69) is 45.0 Å². The van der Waals surface area contributed by atoms with Gasteiger partial charge in [0.15, 0.2) is 0 Å². The summed E-state index contributed by atoms with van der Waals surface area (Å²) >= 11 is 0. The van der Waals surface area contributed by atoms with Crippen LogP contribution in [0.3, 0.4) is 0 Å². The fourth-order valence-corrected chi connectivity index (χ4v) is 2.39. The van der Waals surface area contributed by atoms with Crippen molar-refractivity contribution in [1.29, 1.82) is 0 Å². The minimum absolute atomic E-state index is 0.283. The predicted octanol–water partition coefficient (Wildman–Crippen LogP) is 2.51. The molecule has 0 amide bonds. The minimum Gasteiger partial charge on any atom is -0.381 e. The summed E-state index contributed by atoms with van der Waals surface area (Å²) in [6.45, 7) is 13.3. The Balaban J connectivity index is 2.54. The molecule has 3 heteroatoms. The summed E-state index contributed by atoms with van der Waals surface area (Å²) in [5, 5.41) is 3.72. The van der Waals surface area contributed by atoms with Gasteiger partial charge in [0.1, 0.15) is 0 Å². The molecule has 3 nitrogen and oxygen atoms in total. The number of ether oxygens (including phenoxy) is 1. The van der Waals surface area contributed by atoms with Crippen LogP contribution in [0.2, 0.25) is 0 Å². The van der Waals surface area contributed by atoms with Crippen molar-refractivity contribution in [2.75, 3.05) is 33.4 Å². The summed E-state index contributed by atoms with van der Waals surface area (Å²) in [5.74, 6) is 0.687. The lowest BCUT2D eigenvalue weighted by atomic mass is 9.94. The van der Waals surface area contributed by atoms with E-state index in [1.165, 1.54) is 19.3 Å². The zero-order valence-electron chi connectivity index (χ0n) is 13.0. The molecule has 18 heavy (non-hydrogen) atoms. The predicted molar refractivity (Wildman–Crippen MR) is 78.0 cm³/mol. The van der Waals surface area contributed by atoms with E-state index in [4.69, 9.17) is 4.74 Å². The third-order valence-electron chi connectivity index (χ3n) is 4.56. The fourth-order valence-electron chi connectivity index (χ4n) is 2.39. The number of hydrogen-bond donors (Lipinski definition) is 1. The van der Waals surface area contributed by atoms with Crippen molar-refractivity contribution in [3.63, 3.8) is 0 Å². The van der Waals surface area contributed by atoms with Crippen LogP contribution in [0.4, 0.5) is 0 Å². The lowest BCUT2D eigenvalue weighted by molar-refractivity contribution is 0.113. The van der Waals surface area contributed by atoms with Crippen LogP contribution in [0.25, 0.3) is 0 Å². The molecule has 0 aliphatic carbocycles. The quantitative estimate of drug-likeness (QED) is 0.722. The standard InChI is InChI=1S/C15H32N2O/c1-6-9-16-14(13-8-10-18-12-13)11-17(5)15(3,4)7-2/h13-14,16H,6-12H2,1-5H3. The monoisotopic (exact) mass is 256 g/mol. The summed E-state index contributed by atoms with van der Waals surface area (Å²) in [6.07, 6.45) is 3.60. The molecule has 1 aliphatic heterocycles. The first-order chi connectivity index (χ1) is 8.51. The SMILES string of the molecule is CCCNC(CN(C)C(C)(C)CC)C1CCOC1. The number of likely N-dealkylation sites (N-methyl/N-ethyl adjacent to an activating group) is 1. The Morgan fingerprint density at radius 1 is 1.39 bits per heavy atom. The smallest absolute Gasteiger partial charge is 0.0510 e. The molecule has 1 N–H and O–H groups in total. The van der Waals surface area contributed by atoms with Crippen LogP contribution in [-0.2, 0) is 4.74 Å². The first-order valence-electron chi connectivity index (χ1n) is 7.53. The van der Waals surface area contributed by atoms with E-state index in [0.29, 0.717) is 12.0 Å². The Morgan fingerprint density at radius 2 is 2.11 bits per heavy atom. The van der Waals surface area contributed by atoms with Gasteiger partial charge in [0, 0.05) is 30.7 Å². The van der Waals surface area contributed by atoms with Crippen LogP contribution in [0.15, 0.2) is 0 Å². The molecule has 1 aliphatic rings. The lowest BCUT2D eigenvalue weighted by Gasteiger charge is -2.38. The van der Waals surface area contributed by atoms with Crippen LogP contribution in [0.5, 0.6) is 0 Å². The molecule has 2 atom stereocenters. The highest BCUT2D eigenvalue weighted by Gasteiger charge is 2.29. The molecule has 1 rings (SSSR count). The molecule has 0 saturated carbocycles. The average Bonchev–Trinajstić information content (AvgIpc) is 2.87. The third kappa shape index (κ3) is 4.52. The van der Waals surface area contributed by atoms with E-state index >= 15 is 0 Å². The van der Waals surface area contributed by atoms with E-state index in [-0.39, 0.29) is 5.54 Å². The Bertz CT molecular complexity index is 225.